The number of aryl methyl sites for hydroxylation is 1. The Kier molecular flexibility index (Phi) is 8.86. The number of rotatable bonds is 6. The number of thiazole rings is 1. The molecule has 0 saturated heterocycles. The Hall–Kier alpha value is -5.70. The molecule has 0 aliphatic rings. The van der Waals surface area contributed by atoms with Crippen molar-refractivity contribution >= 4 is 46.2 Å². The van der Waals surface area contributed by atoms with Gasteiger partial charge < -0.3 is 5.32 Å². The van der Waals surface area contributed by atoms with Crippen molar-refractivity contribution in [2.24, 2.45) is 0 Å². The van der Waals surface area contributed by atoms with Gasteiger partial charge in [-0.1, -0.05) is 66.2 Å². The van der Waals surface area contributed by atoms with Crippen LogP contribution in [0.1, 0.15) is 16.7 Å². The molecule has 7 nitrogen and oxygen atoms in total. The first-order chi connectivity index (χ1) is 23.0. The van der Waals surface area contributed by atoms with Gasteiger partial charge in [0, 0.05) is 28.0 Å². The van der Waals surface area contributed by atoms with Crippen LogP contribution in [0.4, 0.5) is 18.9 Å². The molecule has 0 atom stereocenters. The summed E-state index contributed by atoms with van der Waals surface area (Å²) < 4.78 is 44.9. The van der Waals surface area contributed by atoms with E-state index in [1.165, 1.54) is 18.2 Å². The molecule has 1 N–H and O–H groups in total. The van der Waals surface area contributed by atoms with Gasteiger partial charge in [0.25, 0.3) is 11.5 Å². The molecule has 238 valence electrons. The fourth-order valence-corrected chi connectivity index (χ4v) is 6.37. The maximum atomic E-state index is 14.3. The first kappa shape index (κ1) is 32.2. The number of amides is 1. The van der Waals surface area contributed by atoms with Crippen LogP contribution in [0.5, 0.6) is 0 Å². The van der Waals surface area contributed by atoms with E-state index in [-0.39, 0.29) is 9.20 Å². The van der Waals surface area contributed by atoms with Crippen molar-refractivity contribution in [3.05, 3.63) is 151 Å². The van der Waals surface area contributed by atoms with Crippen LogP contribution < -0.4 is 20.1 Å². The Bertz CT molecular complexity index is 2410. The van der Waals surface area contributed by atoms with Crippen molar-refractivity contribution in [1.82, 2.24) is 14.3 Å². The van der Waals surface area contributed by atoms with Crippen LogP contribution in [0.2, 0.25) is 5.02 Å². The molecular formula is C36H23ClF3N5O2S. The molecule has 0 aliphatic heterocycles. The van der Waals surface area contributed by atoms with Crippen LogP contribution in [0.25, 0.3) is 34.3 Å². The Labute approximate surface area is 280 Å². The number of nitrogens with one attached hydrogen (secondary N) is 1. The predicted octanol–water partition coefficient (Wildman–Crippen LogP) is 6.87. The minimum absolute atomic E-state index is 0.0334. The zero-order valence-electron chi connectivity index (χ0n) is 25.0. The summed E-state index contributed by atoms with van der Waals surface area (Å²) in [7, 11) is 0. The highest BCUT2D eigenvalue weighted by Gasteiger charge is 2.34. The standard InChI is InChI=1S/C36H23ClF3N5O2S/c1-22-9-7-12-26(17-22)42-33(46)28(20-41)35-45(30-16-6-5-15-29(30)36(38,39)40)34(47)31(48-35)19-24-21-44(27-13-3-2-4-14-27)43-32(24)23-10-8-11-25(37)18-23/h2-19,21H,1H3,(H,42,46)/b31-19+,35-28-. The summed E-state index contributed by atoms with van der Waals surface area (Å²) in [4.78, 5) is 27.7. The number of carbonyl (C=O) groups excluding carboxylic acids is 1. The number of halogens is 4. The van der Waals surface area contributed by atoms with Gasteiger partial charge in [0.05, 0.1) is 21.5 Å². The summed E-state index contributed by atoms with van der Waals surface area (Å²) in [5, 5.41) is 18.0. The van der Waals surface area contributed by atoms with Crippen LogP contribution in [-0.4, -0.2) is 20.3 Å². The van der Waals surface area contributed by atoms with Crippen LogP contribution in [0.15, 0.2) is 114 Å². The van der Waals surface area contributed by atoms with Crippen LogP contribution in [0, 0.1) is 18.3 Å². The highest BCUT2D eigenvalue weighted by Crippen LogP contribution is 2.33. The Morgan fingerprint density at radius 2 is 1.71 bits per heavy atom. The molecule has 6 rings (SSSR count). The van der Waals surface area contributed by atoms with Crippen molar-refractivity contribution in [3.63, 3.8) is 0 Å². The molecule has 0 radical (unpaired) electrons. The molecule has 48 heavy (non-hydrogen) atoms. The number of benzene rings is 4. The third-order valence-corrected chi connectivity index (χ3v) is 8.58. The average Bonchev–Trinajstić information content (AvgIpc) is 3.62. The lowest BCUT2D eigenvalue weighted by atomic mass is 10.1. The topological polar surface area (TPSA) is 92.7 Å². The molecule has 4 aromatic carbocycles. The number of hydrogen-bond donors (Lipinski definition) is 1. The molecular weight excluding hydrogens is 659 g/mol. The fourth-order valence-electron chi connectivity index (χ4n) is 5.10. The van der Waals surface area contributed by atoms with Crippen molar-refractivity contribution in [2.45, 2.75) is 13.1 Å². The molecule has 0 fully saturated rings. The van der Waals surface area contributed by atoms with E-state index in [9.17, 15) is 28.0 Å². The molecule has 6 aromatic rings. The summed E-state index contributed by atoms with van der Waals surface area (Å²) in [5.74, 6) is -0.884. The maximum Gasteiger partial charge on any atom is 0.418 e. The number of nitriles is 1. The van der Waals surface area contributed by atoms with Gasteiger partial charge in [0.2, 0.25) is 0 Å². The van der Waals surface area contributed by atoms with E-state index in [1.54, 1.807) is 53.3 Å². The lowest BCUT2D eigenvalue weighted by Gasteiger charge is -2.13. The molecule has 0 saturated carbocycles. The monoisotopic (exact) mass is 681 g/mol. The van der Waals surface area contributed by atoms with E-state index in [2.05, 4.69) is 5.32 Å². The van der Waals surface area contributed by atoms with Gasteiger partial charge >= 0.3 is 6.18 Å². The number of hydrogen-bond acceptors (Lipinski definition) is 5. The molecule has 2 aromatic heterocycles. The molecule has 0 aliphatic carbocycles. The Morgan fingerprint density at radius 3 is 2.42 bits per heavy atom. The van der Waals surface area contributed by atoms with E-state index in [0.29, 0.717) is 27.5 Å². The molecule has 0 unspecified atom stereocenters. The van der Waals surface area contributed by atoms with E-state index < -0.39 is 34.5 Å². The first-order valence-electron chi connectivity index (χ1n) is 14.4. The lowest BCUT2D eigenvalue weighted by Crippen LogP contribution is -2.33. The van der Waals surface area contributed by atoms with Crippen molar-refractivity contribution in [3.8, 4) is 28.7 Å². The number of nitrogens with zero attached hydrogens (tertiary/aromatic N) is 4. The van der Waals surface area contributed by atoms with Gasteiger partial charge in [-0.15, -0.1) is 11.3 Å². The minimum Gasteiger partial charge on any atom is -0.321 e. The number of aromatic nitrogens is 3. The summed E-state index contributed by atoms with van der Waals surface area (Å²) in [5.41, 5.74) is 0.434. The number of alkyl halides is 3. The van der Waals surface area contributed by atoms with Crippen LogP contribution in [0.3, 0.4) is 0 Å². The molecule has 0 spiro atoms. The van der Waals surface area contributed by atoms with Gasteiger partial charge in [-0.05, 0) is 67.1 Å². The van der Waals surface area contributed by atoms with Crippen LogP contribution >= 0.6 is 22.9 Å². The minimum atomic E-state index is -4.84. The van der Waals surface area contributed by atoms with Crippen molar-refractivity contribution in [1.29, 1.82) is 5.26 Å². The second-order valence-corrected chi connectivity index (χ2v) is 12.1. The zero-order chi connectivity index (χ0) is 34.0. The second kappa shape index (κ2) is 13.2. The summed E-state index contributed by atoms with van der Waals surface area (Å²) in [6, 6.07) is 29.3. The highest BCUT2D eigenvalue weighted by atomic mass is 35.5. The smallest absolute Gasteiger partial charge is 0.321 e. The normalized spacial score (nSPS) is 12.5. The summed E-state index contributed by atoms with van der Waals surface area (Å²) in [6.07, 6.45) is -1.68. The van der Waals surface area contributed by atoms with Gasteiger partial charge in [0.1, 0.15) is 16.4 Å². The molecule has 2 heterocycles. The zero-order valence-corrected chi connectivity index (χ0v) is 26.6. The van der Waals surface area contributed by atoms with E-state index >= 15 is 0 Å². The SMILES string of the molecule is Cc1cccc(NC(=O)/C(C#N)=c2\s/c(=C/c3cn(-c4ccccc4)nc3-c3cccc(Cl)c3)c(=O)n2-c2ccccc2C(F)(F)F)c1. The van der Waals surface area contributed by atoms with E-state index in [0.717, 1.165) is 39.3 Å². The van der Waals surface area contributed by atoms with Crippen molar-refractivity contribution in [2.75, 3.05) is 5.32 Å². The van der Waals surface area contributed by atoms with Crippen LogP contribution in [-0.2, 0) is 11.0 Å². The molecule has 1 amide bonds. The second-order valence-electron chi connectivity index (χ2n) is 10.6. The van der Waals surface area contributed by atoms with E-state index in [4.69, 9.17) is 16.7 Å². The predicted molar refractivity (Wildman–Crippen MR) is 181 cm³/mol. The fraction of sp³-hybridized carbons (Fsp3) is 0.0556. The molecule has 12 heteroatoms. The third-order valence-electron chi connectivity index (χ3n) is 7.25. The Morgan fingerprint density at radius 1 is 0.979 bits per heavy atom. The van der Waals surface area contributed by atoms with Crippen molar-refractivity contribution < 1.29 is 18.0 Å². The van der Waals surface area contributed by atoms with Gasteiger partial charge in [-0.25, -0.2) is 4.68 Å². The quantitative estimate of drug-likeness (QED) is 0.208. The Balaban J connectivity index is 1.65. The lowest BCUT2D eigenvalue weighted by molar-refractivity contribution is -0.137. The largest absolute Gasteiger partial charge is 0.418 e. The van der Waals surface area contributed by atoms with Gasteiger partial charge in [-0.3, -0.25) is 14.2 Å². The highest BCUT2D eigenvalue weighted by molar-refractivity contribution is 7.07. The third kappa shape index (κ3) is 6.57. The maximum absolute atomic E-state index is 14.3. The van der Waals surface area contributed by atoms with E-state index in [1.807, 2.05) is 49.4 Å². The van der Waals surface area contributed by atoms with Gasteiger partial charge in [-0.2, -0.15) is 23.5 Å². The summed E-state index contributed by atoms with van der Waals surface area (Å²) in [6.45, 7) is 1.81. The number of carbonyl (C=O) groups is 1. The summed E-state index contributed by atoms with van der Waals surface area (Å²) >= 11 is 7.01. The first-order valence-corrected chi connectivity index (χ1v) is 15.6. The number of anilines is 1. The average molecular weight is 682 g/mol. The van der Waals surface area contributed by atoms with Gasteiger partial charge in [0.15, 0.2) is 5.57 Å². The number of para-hydroxylation sites is 2. The molecule has 0 bridgehead atoms.